The molecule has 3 heterocycles. The molecule has 0 aromatic carbocycles. The molecule has 1 aromatic heterocycles. The zero-order chi connectivity index (χ0) is 17.9. The van der Waals surface area contributed by atoms with Gasteiger partial charge in [-0.1, -0.05) is 0 Å². The van der Waals surface area contributed by atoms with Crippen LogP contribution >= 0.6 is 0 Å². The van der Waals surface area contributed by atoms with E-state index in [2.05, 4.69) is 42.2 Å². The molecule has 2 saturated heterocycles. The SMILES string of the molecule is C[C@@H](CCc1cccn1C)NC(=O)N1CCC[C@H](C2(C)OCCO2)C1. The molecular weight excluding hydrogens is 318 g/mol. The van der Waals surface area contributed by atoms with Crippen LogP contribution in [-0.2, 0) is 22.9 Å². The number of carbonyl (C=O) groups is 1. The first-order valence-corrected chi connectivity index (χ1v) is 9.41. The molecule has 0 spiro atoms. The van der Waals surface area contributed by atoms with Crippen molar-refractivity contribution in [3.05, 3.63) is 24.0 Å². The highest BCUT2D eigenvalue weighted by Gasteiger charge is 2.42. The van der Waals surface area contributed by atoms with Crippen molar-refractivity contribution >= 4 is 6.03 Å². The van der Waals surface area contributed by atoms with E-state index >= 15 is 0 Å². The topological polar surface area (TPSA) is 55.7 Å². The number of rotatable bonds is 5. The second-order valence-electron chi connectivity index (χ2n) is 7.50. The quantitative estimate of drug-likeness (QED) is 0.889. The van der Waals surface area contributed by atoms with Crippen LogP contribution in [0.4, 0.5) is 4.79 Å². The van der Waals surface area contributed by atoms with Crippen LogP contribution in [0.2, 0.25) is 0 Å². The molecule has 2 aliphatic rings. The minimum atomic E-state index is -0.531. The van der Waals surface area contributed by atoms with Crippen molar-refractivity contribution < 1.29 is 14.3 Å². The van der Waals surface area contributed by atoms with Gasteiger partial charge in [0.1, 0.15) is 0 Å². The van der Waals surface area contributed by atoms with Crippen molar-refractivity contribution in [3.8, 4) is 0 Å². The summed E-state index contributed by atoms with van der Waals surface area (Å²) < 4.78 is 13.7. The maximum Gasteiger partial charge on any atom is 0.317 e. The second-order valence-corrected chi connectivity index (χ2v) is 7.50. The van der Waals surface area contributed by atoms with Gasteiger partial charge in [-0.3, -0.25) is 0 Å². The zero-order valence-corrected chi connectivity index (χ0v) is 15.7. The van der Waals surface area contributed by atoms with Crippen LogP contribution in [0.15, 0.2) is 18.3 Å². The van der Waals surface area contributed by atoms with Crippen molar-refractivity contribution in [2.24, 2.45) is 13.0 Å². The van der Waals surface area contributed by atoms with Crippen LogP contribution in [0.25, 0.3) is 0 Å². The number of amides is 2. The summed E-state index contributed by atoms with van der Waals surface area (Å²) in [5.74, 6) is -0.287. The Balaban J connectivity index is 1.47. The van der Waals surface area contributed by atoms with Gasteiger partial charge in [-0.25, -0.2) is 4.79 Å². The van der Waals surface area contributed by atoms with E-state index in [-0.39, 0.29) is 18.0 Å². The summed E-state index contributed by atoms with van der Waals surface area (Å²) in [6.45, 7) is 6.89. The highest BCUT2D eigenvalue weighted by atomic mass is 16.7. The third-order valence-corrected chi connectivity index (χ3v) is 5.57. The lowest BCUT2D eigenvalue weighted by Gasteiger charge is -2.40. The first-order chi connectivity index (χ1) is 12.0. The van der Waals surface area contributed by atoms with Gasteiger partial charge in [0.25, 0.3) is 0 Å². The van der Waals surface area contributed by atoms with E-state index in [1.807, 2.05) is 11.8 Å². The first-order valence-electron chi connectivity index (χ1n) is 9.41. The fourth-order valence-corrected chi connectivity index (χ4v) is 3.85. The molecule has 25 heavy (non-hydrogen) atoms. The monoisotopic (exact) mass is 349 g/mol. The van der Waals surface area contributed by atoms with Gasteiger partial charge >= 0.3 is 6.03 Å². The predicted molar refractivity (Wildman–Crippen MR) is 96.3 cm³/mol. The van der Waals surface area contributed by atoms with Crippen molar-refractivity contribution in [1.82, 2.24) is 14.8 Å². The minimum Gasteiger partial charge on any atom is -0.354 e. The Morgan fingerprint density at radius 1 is 1.44 bits per heavy atom. The van der Waals surface area contributed by atoms with E-state index in [9.17, 15) is 4.79 Å². The Hall–Kier alpha value is -1.53. The fraction of sp³-hybridized carbons (Fsp3) is 0.737. The fourth-order valence-electron chi connectivity index (χ4n) is 3.85. The van der Waals surface area contributed by atoms with E-state index in [4.69, 9.17) is 9.47 Å². The normalized spacial score (nSPS) is 24.3. The van der Waals surface area contributed by atoms with Gasteiger partial charge in [0.05, 0.1) is 13.2 Å². The number of carbonyl (C=O) groups excluding carboxylic acids is 1. The van der Waals surface area contributed by atoms with Gasteiger partial charge in [-0.05, 0) is 51.7 Å². The number of likely N-dealkylation sites (tertiary alicyclic amines) is 1. The smallest absolute Gasteiger partial charge is 0.317 e. The van der Waals surface area contributed by atoms with E-state index < -0.39 is 5.79 Å². The molecule has 2 atom stereocenters. The molecule has 2 aliphatic heterocycles. The maximum absolute atomic E-state index is 12.6. The molecule has 2 amide bonds. The van der Waals surface area contributed by atoms with Gasteiger partial charge in [0, 0.05) is 44.0 Å². The summed E-state index contributed by atoms with van der Waals surface area (Å²) >= 11 is 0. The number of hydrogen-bond acceptors (Lipinski definition) is 3. The number of aryl methyl sites for hydroxylation is 2. The molecule has 1 aromatic rings. The van der Waals surface area contributed by atoms with Gasteiger partial charge in [0.15, 0.2) is 5.79 Å². The Kier molecular flexibility index (Phi) is 5.69. The summed E-state index contributed by atoms with van der Waals surface area (Å²) in [7, 11) is 2.06. The van der Waals surface area contributed by atoms with Crippen LogP contribution in [0.5, 0.6) is 0 Å². The van der Waals surface area contributed by atoms with E-state index in [1.165, 1.54) is 5.69 Å². The summed E-state index contributed by atoms with van der Waals surface area (Å²) in [6, 6.07) is 4.37. The third-order valence-electron chi connectivity index (χ3n) is 5.57. The van der Waals surface area contributed by atoms with Crippen molar-refractivity contribution in [2.45, 2.75) is 51.4 Å². The zero-order valence-electron chi connectivity index (χ0n) is 15.7. The van der Waals surface area contributed by atoms with Gasteiger partial charge in [0.2, 0.25) is 0 Å². The Morgan fingerprint density at radius 2 is 2.20 bits per heavy atom. The lowest BCUT2D eigenvalue weighted by molar-refractivity contribution is -0.189. The van der Waals surface area contributed by atoms with Crippen molar-refractivity contribution in [1.29, 1.82) is 0 Å². The predicted octanol–water partition coefficient (Wildman–Crippen LogP) is 2.53. The molecule has 6 nitrogen and oxygen atoms in total. The molecule has 3 rings (SSSR count). The number of aromatic nitrogens is 1. The molecule has 140 valence electrons. The number of ether oxygens (including phenoxy) is 2. The van der Waals surface area contributed by atoms with Gasteiger partial charge in [-0.2, -0.15) is 0 Å². The van der Waals surface area contributed by atoms with Crippen LogP contribution in [0.3, 0.4) is 0 Å². The molecule has 0 unspecified atom stereocenters. The van der Waals surface area contributed by atoms with Crippen LogP contribution in [0.1, 0.15) is 38.8 Å². The number of urea groups is 1. The molecule has 0 aliphatic carbocycles. The van der Waals surface area contributed by atoms with Crippen LogP contribution in [-0.4, -0.2) is 53.6 Å². The third kappa shape index (κ3) is 4.36. The second kappa shape index (κ2) is 7.79. The van der Waals surface area contributed by atoms with Gasteiger partial charge < -0.3 is 24.3 Å². The summed E-state index contributed by atoms with van der Waals surface area (Å²) in [4.78, 5) is 14.5. The van der Waals surface area contributed by atoms with Gasteiger partial charge in [-0.15, -0.1) is 0 Å². The molecule has 6 heteroatoms. The number of piperidine rings is 1. The minimum absolute atomic E-state index is 0.0330. The first kappa shape index (κ1) is 18.3. The highest BCUT2D eigenvalue weighted by Crippen LogP contribution is 2.34. The molecule has 1 N–H and O–H groups in total. The Morgan fingerprint density at radius 3 is 2.88 bits per heavy atom. The maximum atomic E-state index is 12.6. The molecule has 0 radical (unpaired) electrons. The lowest BCUT2D eigenvalue weighted by atomic mass is 9.90. The molecular formula is C19H31N3O3. The van der Waals surface area contributed by atoms with Crippen LogP contribution < -0.4 is 5.32 Å². The Labute approximate surface area is 150 Å². The molecule has 0 bridgehead atoms. The summed E-state index contributed by atoms with van der Waals surface area (Å²) in [5.41, 5.74) is 1.29. The molecule has 0 saturated carbocycles. The largest absolute Gasteiger partial charge is 0.354 e. The number of hydrogen-bond donors (Lipinski definition) is 1. The average molecular weight is 349 g/mol. The number of nitrogens with zero attached hydrogens (tertiary/aromatic N) is 2. The summed E-state index contributed by atoms with van der Waals surface area (Å²) in [5, 5.41) is 3.15. The summed E-state index contributed by atoms with van der Waals surface area (Å²) in [6.07, 6.45) is 6.00. The number of nitrogens with one attached hydrogen (secondary N) is 1. The highest BCUT2D eigenvalue weighted by molar-refractivity contribution is 5.74. The van der Waals surface area contributed by atoms with Crippen molar-refractivity contribution in [3.63, 3.8) is 0 Å². The van der Waals surface area contributed by atoms with Crippen LogP contribution in [0, 0.1) is 5.92 Å². The lowest BCUT2D eigenvalue weighted by Crippen LogP contribution is -2.52. The van der Waals surface area contributed by atoms with E-state index in [0.29, 0.717) is 19.8 Å². The average Bonchev–Trinajstić information content (AvgIpc) is 3.22. The van der Waals surface area contributed by atoms with E-state index in [1.54, 1.807) is 0 Å². The molecule has 2 fully saturated rings. The Bertz CT molecular complexity index is 580. The van der Waals surface area contributed by atoms with E-state index in [0.717, 1.165) is 32.2 Å². The standard InChI is InChI=1S/C19H31N3O3/c1-15(8-9-17-7-5-10-21(17)3)20-18(23)22-11-4-6-16(14-22)19(2)24-12-13-25-19/h5,7,10,15-16H,4,6,8-9,11-14H2,1-3H3,(H,20,23)/t15-,16-/m0/s1. The van der Waals surface area contributed by atoms with Crippen molar-refractivity contribution in [2.75, 3.05) is 26.3 Å².